The van der Waals surface area contributed by atoms with Crippen LogP contribution in [0.4, 0.5) is 11.6 Å². The molecule has 0 saturated heterocycles. The van der Waals surface area contributed by atoms with E-state index >= 15 is 0 Å². The predicted octanol–water partition coefficient (Wildman–Crippen LogP) is 3.32. The molecule has 0 fully saturated rings. The molecule has 0 radical (unpaired) electrons. The minimum absolute atomic E-state index is 0.349. The van der Waals surface area contributed by atoms with Crippen molar-refractivity contribution in [3.05, 3.63) is 34.3 Å². The van der Waals surface area contributed by atoms with E-state index in [2.05, 4.69) is 52.0 Å². The summed E-state index contributed by atoms with van der Waals surface area (Å²) in [5, 5.41) is 8.82. The van der Waals surface area contributed by atoms with Crippen LogP contribution in [0.5, 0.6) is 0 Å². The summed E-state index contributed by atoms with van der Waals surface area (Å²) >= 11 is 1.79. The summed E-state index contributed by atoms with van der Waals surface area (Å²) in [6.45, 7) is 7.14. The highest BCUT2D eigenvalue weighted by atomic mass is 32.1. The molecule has 0 spiro atoms. The van der Waals surface area contributed by atoms with Crippen LogP contribution in [0.1, 0.15) is 24.3 Å². The quantitative estimate of drug-likeness (QED) is 0.850. The highest BCUT2D eigenvalue weighted by molar-refractivity contribution is 7.09. The van der Waals surface area contributed by atoms with Crippen molar-refractivity contribution in [2.45, 2.75) is 33.2 Å². The van der Waals surface area contributed by atoms with E-state index < -0.39 is 0 Å². The number of hydrogen-bond acceptors (Lipinski definition) is 5. The second kappa shape index (κ2) is 6.52. The van der Waals surface area contributed by atoms with Crippen molar-refractivity contribution in [2.75, 3.05) is 17.2 Å². The molecule has 1 atom stereocenters. The topological polar surface area (TPSA) is 49.8 Å². The van der Waals surface area contributed by atoms with Crippen LogP contribution in [0.3, 0.4) is 0 Å². The highest BCUT2D eigenvalue weighted by Crippen LogP contribution is 2.20. The summed E-state index contributed by atoms with van der Waals surface area (Å²) < 4.78 is 0. The summed E-state index contributed by atoms with van der Waals surface area (Å²) in [5.41, 5.74) is 1.07. The van der Waals surface area contributed by atoms with E-state index in [0.29, 0.717) is 6.04 Å². The van der Waals surface area contributed by atoms with Gasteiger partial charge in [0.05, 0.1) is 0 Å². The first-order valence-electron chi connectivity index (χ1n) is 6.55. The number of thiophene rings is 1. The van der Waals surface area contributed by atoms with Crippen LogP contribution >= 0.6 is 11.3 Å². The molecule has 2 N–H and O–H groups in total. The van der Waals surface area contributed by atoms with Crippen molar-refractivity contribution >= 4 is 23.0 Å². The van der Waals surface area contributed by atoms with Gasteiger partial charge in [-0.3, -0.25) is 0 Å². The Morgan fingerprint density at radius 2 is 2.11 bits per heavy atom. The number of anilines is 2. The van der Waals surface area contributed by atoms with Crippen LogP contribution in [0.2, 0.25) is 0 Å². The van der Waals surface area contributed by atoms with Gasteiger partial charge in [0, 0.05) is 29.4 Å². The normalized spacial score (nSPS) is 12.2. The molecule has 2 rings (SSSR count). The molecule has 2 aromatic heterocycles. The third-order valence-electron chi connectivity index (χ3n) is 2.90. The average Bonchev–Trinajstić information content (AvgIpc) is 2.87. The Labute approximate surface area is 118 Å². The third-order valence-corrected chi connectivity index (χ3v) is 3.80. The molecule has 4 nitrogen and oxygen atoms in total. The zero-order chi connectivity index (χ0) is 13.7. The lowest BCUT2D eigenvalue weighted by atomic mass is 10.2. The lowest BCUT2D eigenvalue weighted by Gasteiger charge is -2.16. The molecule has 0 saturated carbocycles. The molecule has 0 aliphatic heterocycles. The standard InChI is InChI=1S/C14H20N4S/c1-4-15-13-11(3)14(17-9-16-13)18-10(2)8-12-6-5-7-19-12/h5-7,9-10H,4,8H2,1-3H3,(H2,15,16,17,18). The Kier molecular flexibility index (Phi) is 4.74. The lowest BCUT2D eigenvalue weighted by Crippen LogP contribution is -2.19. The third kappa shape index (κ3) is 3.67. The Morgan fingerprint density at radius 1 is 1.32 bits per heavy atom. The molecule has 19 heavy (non-hydrogen) atoms. The number of aromatic nitrogens is 2. The maximum absolute atomic E-state index is 4.33. The summed E-state index contributed by atoms with van der Waals surface area (Å²) in [4.78, 5) is 9.97. The fourth-order valence-corrected chi connectivity index (χ4v) is 2.79. The van der Waals surface area contributed by atoms with Crippen LogP contribution in [-0.2, 0) is 6.42 Å². The zero-order valence-electron chi connectivity index (χ0n) is 11.6. The number of rotatable bonds is 6. The average molecular weight is 276 g/mol. The lowest BCUT2D eigenvalue weighted by molar-refractivity contribution is 0.791. The molecule has 2 heterocycles. The molecule has 0 bridgehead atoms. The van der Waals surface area contributed by atoms with Gasteiger partial charge in [-0.15, -0.1) is 11.3 Å². The van der Waals surface area contributed by atoms with Crippen molar-refractivity contribution < 1.29 is 0 Å². The molecular weight excluding hydrogens is 256 g/mol. The number of nitrogens with one attached hydrogen (secondary N) is 2. The second-order valence-corrected chi connectivity index (χ2v) is 5.59. The van der Waals surface area contributed by atoms with E-state index in [1.165, 1.54) is 4.88 Å². The Balaban J connectivity index is 2.04. The predicted molar refractivity (Wildman–Crippen MR) is 82.0 cm³/mol. The number of nitrogens with zero attached hydrogens (tertiary/aromatic N) is 2. The maximum atomic E-state index is 4.33. The van der Waals surface area contributed by atoms with E-state index in [9.17, 15) is 0 Å². The van der Waals surface area contributed by atoms with Gasteiger partial charge in [-0.1, -0.05) is 6.07 Å². The van der Waals surface area contributed by atoms with Gasteiger partial charge in [-0.05, 0) is 32.2 Å². The van der Waals surface area contributed by atoms with Gasteiger partial charge in [-0.2, -0.15) is 0 Å². The zero-order valence-corrected chi connectivity index (χ0v) is 12.4. The van der Waals surface area contributed by atoms with Crippen LogP contribution in [0.15, 0.2) is 23.8 Å². The van der Waals surface area contributed by atoms with Crippen molar-refractivity contribution in [1.82, 2.24) is 9.97 Å². The van der Waals surface area contributed by atoms with Crippen LogP contribution in [0.25, 0.3) is 0 Å². The van der Waals surface area contributed by atoms with E-state index in [1.807, 2.05) is 6.92 Å². The fraction of sp³-hybridized carbons (Fsp3) is 0.429. The van der Waals surface area contributed by atoms with Gasteiger partial charge in [-0.25, -0.2) is 9.97 Å². The highest BCUT2D eigenvalue weighted by Gasteiger charge is 2.10. The Morgan fingerprint density at radius 3 is 2.79 bits per heavy atom. The van der Waals surface area contributed by atoms with Gasteiger partial charge in [0.15, 0.2) is 0 Å². The minimum atomic E-state index is 0.349. The molecule has 0 aliphatic carbocycles. The molecule has 2 aromatic rings. The van der Waals surface area contributed by atoms with Crippen molar-refractivity contribution in [2.24, 2.45) is 0 Å². The molecule has 0 aliphatic rings. The summed E-state index contributed by atoms with van der Waals surface area (Å²) in [6, 6.07) is 4.60. The maximum Gasteiger partial charge on any atom is 0.134 e. The largest absolute Gasteiger partial charge is 0.370 e. The summed E-state index contributed by atoms with van der Waals surface area (Å²) in [6.07, 6.45) is 2.61. The van der Waals surface area contributed by atoms with E-state index in [-0.39, 0.29) is 0 Å². The second-order valence-electron chi connectivity index (χ2n) is 4.56. The van der Waals surface area contributed by atoms with Crippen molar-refractivity contribution in [3.63, 3.8) is 0 Å². The Hall–Kier alpha value is -1.62. The molecule has 0 amide bonds. The van der Waals surface area contributed by atoms with Crippen LogP contribution in [-0.4, -0.2) is 22.6 Å². The number of hydrogen-bond donors (Lipinski definition) is 2. The first-order chi connectivity index (χ1) is 9.20. The van der Waals surface area contributed by atoms with Gasteiger partial charge in [0.2, 0.25) is 0 Å². The van der Waals surface area contributed by atoms with Gasteiger partial charge < -0.3 is 10.6 Å². The molecule has 1 unspecified atom stereocenters. The molecule has 0 aromatic carbocycles. The van der Waals surface area contributed by atoms with E-state index in [1.54, 1.807) is 17.7 Å². The van der Waals surface area contributed by atoms with Crippen LogP contribution < -0.4 is 10.6 Å². The summed E-state index contributed by atoms with van der Waals surface area (Å²) in [7, 11) is 0. The Bertz CT molecular complexity index is 510. The van der Waals surface area contributed by atoms with Gasteiger partial charge >= 0.3 is 0 Å². The van der Waals surface area contributed by atoms with Gasteiger partial charge in [0.1, 0.15) is 18.0 Å². The van der Waals surface area contributed by atoms with Crippen LogP contribution in [0, 0.1) is 6.92 Å². The van der Waals surface area contributed by atoms with Gasteiger partial charge in [0.25, 0.3) is 0 Å². The first-order valence-corrected chi connectivity index (χ1v) is 7.43. The fourth-order valence-electron chi connectivity index (χ4n) is 1.96. The minimum Gasteiger partial charge on any atom is -0.370 e. The summed E-state index contributed by atoms with van der Waals surface area (Å²) in [5.74, 6) is 1.82. The van der Waals surface area contributed by atoms with Crippen molar-refractivity contribution in [1.29, 1.82) is 0 Å². The van der Waals surface area contributed by atoms with E-state index in [0.717, 1.165) is 30.2 Å². The smallest absolute Gasteiger partial charge is 0.134 e. The molecule has 5 heteroatoms. The first kappa shape index (κ1) is 13.8. The molecular formula is C14H20N4S. The van der Waals surface area contributed by atoms with E-state index in [4.69, 9.17) is 0 Å². The SMILES string of the molecule is CCNc1ncnc(NC(C)Cc2cccs2)c1C. The monoisotopic (exact) mass is 276 g/mol. The van der Waals surface area contributed by atoms with Crippen molar-refractivity contribution in [3.8, 4) is 0 Å². The molecule has 102 valence electrons.